The Morgan fingerprint density at radius 1 is 1.21 bits per heavy atom. The first-order valence-corrected chi connectivity index (χ1v) is 10.7. The Labute approximate surface area is 170 Å². The zero-order valence-corrected chi connectivity index (χ0v) is 17.7. The molecule has 2 heterocycles. The first kappa shape index (κ1) is 21.1. The van der Waals surface area contributed by atoms with E-state index in [0.29, 0.717) is 18.5 Å². The Morgan fingerprint density at radius 3 is 2.59 bits per heavy atom. The molecule has 1 aromatic carbocycles. The molecule has 0 radical (unpaired) electrons. The van der Waals surface area contributed by atoms with E-state index in [2.05, 4.69) is 10.1 Å². The molecule has 1 aliphatic heterocycles. The number of esters is 1. The predicted molar refractivity (Wildman–Crippen MR) is 108 cm³/mol. The van der Waals surface area contributed by atoms with Crippen molar-refractivity contribution in [3.63, 3.8) is 0 Å². The summed E-state index contributed by atoms with van der Waals surface area (Å²) >= 11 is 0. The number of hydrogen-bond acceptors (Lipinski definition) is 5. The molecule has 1 amide bonds. The summed E-state index contributed by atoms with van der Waals surface area (Å²) in [6, 6.07) is 6.14. The lowest BCUT2D eigenvalue weighted by molar-refractivity contribution is -0.119. The average molecular weight is 420 g/mol. The van der Waals surface area contributed by atoms with Gasteiger partial charge in [0.2, 0.25) is 15.9 Å². The van der Waals surface area contributed by atoms with Gasteiger partial charge in [0.1, 0.15) is 16.6 Å². The molecule has 2 aromatic rings. The van der Waals surface area contributed by atoms with Crippen molar-refractivity contribution in [2.45, 2.75) is 37.6 Å². The van der Waals surface area contributed by atoms with Crippen molar-refractivity contribution in [1.29, 1.82) is 0 Å². The summed E-state index contributed by atoms with van der Waals surface area (Å²) in [7, 11) is -1.14. The fourth-order valence-electron chi connectivity index (χ4n) is 3.58. The lowest BCUT2D eigenvalue weighted by Gasteiger charge is -2.23. The minimum Gasteiger partial charge on any atom is -0.464 e. The minimum atomic E-state index is -3.94. The molecule has 0 saturated carbocycles. The quantitative estimate of drug-likeness (QED) is 0.750. The highest BCUT2D eigenvalue weighted by Gasteiger charge is 2.40. The topological polar surface area (TPSA) is 97.7 Å². The third-order valence-corrected chi connectivity index (χ3v) is 7.00. The molecule has 1 N–H and O–H groups in total. The van der Waals surface area contributed by atoms with Crippen LogP contribution in [0.25, 0.3) is 0 Å². The van der Waals surface area contributed by atoms with E-state index in [0.717, 1.165) is 11.1 Å². The van der Waals surface area contributed by atoms with Gasteiger partial charge in [0.05, 0.1) is 7.11 Å². The van der Waals surface area contributed by atoms with Crippen molar-refractivity contribution < 1.29 is 22.7 Å². The van der Waals surface area contributed by atoms with E-state index >= 15 is 0 Å². The average Bonchev–Trinajstić information content (AvgIpc) is 3.31. The van der Waals surface area contributed by atoms with E-state index in [9.17, 15) is 18.0 Å². The van der Waals surface area contributed by atoms with E-state index in [1.165, 1.54) is 28.2 Å². The third-order valence-electron chi connectivity index (χ3n) is 5.13. The minimum absolute atomic E-state index is 0.0355. The molecular weight excluding hydrogens is 394 g/mol. The van der Waals surface area contributed by atoms with Crippen LogP contribution in [0.5, 0.6) is 0 Å². The summed E-state index contributed by atoms with van der Waals surface area (Å²) in [6.45, 7) is 4.10. The number of benzene rings is 1. The lowest BCUT2D eigenvalue weighted by Crippen LogP contribution is -2.43. The van der Waals surface area contributed by atoms with Crippen LogP contribution in [0, 0.1) is 13.8 Å². The molecule has 0 spiro atoms. The molecule has 1 fully saturated rings. The van der Waals surface area contributed by atoms with Gasteiger partial charge >= 0.3 is 5.97 Å². The number of carbonyl (C=O) groups is 2. The molecular formula is C20H25N3O5S. The maximum absolute atomic E-state index is 13.2. The van der Waals surface area contributed by atoms with Crippen molar-refractivity contribution in [1.82, 2.24) is 8.87 Å². The van der Waals surface area contributed by atoms with Gasteiger partial charge in [-0.05, 0) is 44.4 Å². The summed E-state index contributed by atoms with van der Waals surface area (Å²) in [5.41, 5.74) is 2.78. The number of nitrogens with one attached hydrogen (secondary N) is 1. The molecule has 0 bridgehead atoms. The normalized spacial score (nSPS) is 17.3. The van der Waals surface area contributed by atoms with Gasteiger partial charge in [0.15, 0.2) is 0 Å². The number of sulfonamides is 1. The Morgan fingerprint density at radius 2 is 1.93 bits per heavy atom. The predicted octanol–water partition coefficient (Wildman–Crippen LogP) is 2.22. The molecule has 1 saturated heterocycles. The van der Waals surface area contributed by atoms with Crippen molar-refractivity contribution in [3.8, 4) is 0 Å². The number of rotatable bonds is 5. The van der Waals surface area contributed by atoms with Crippen LogP contribution >= 0.6 is 0 Å². The highest BCUT2D eigenvalue weighted by molar-refractivity contribution is 7.89. The second-order valence-corrected chi connectivity index (χ2v) is 9.14. The highest BCUT2D eigenvalue weighted by Crippen LogP contribution is 2.28. The van der Waals surface area contributed by atoms with E-state index in [-0.39, 0.29) is 23.0 Å². The van der Waals surface area contributed by atoms with Gasteiger partial charge in [-0.15, -0.1) is 0 Å². The third kappa shape index (κ3) is 4.06. The van der Waals surface area contributed by atoms with E-state index in [1.807, 2.05) is 32.0 Å². The maximum Gasteiger partial charge on any atom is 0.354 e. The van der Waals surface area contributed by atoms with Gasteiger partial charge in [-0.2, -0.15) is 4.31 Å². The molecule has 1 aliphatic rings. The van der Waals surface area contributed by atoms with Crippen LogP contribution < -0.4 is 5.32 Å². The van der Waals surface area contributed by atoms with Crippen molar-refractivity contribution in [2.24, 2.45) is 7.05 Å². The molecule has 156 valence electrons. The number of carbonyl (C=O) groups excluding carboxylic acids is 2. The molecule has 0 aliphatic carbocycles. The lowest BCUT2D eigenvalue weighted by atomic mass is 10.1. The van der Waals surface area contributed by atoms with Crippen LogP contribution in [0.1, 0.15) is 34.5 Å². The van der Waals surface area contributed by atoms with Crippen LogP contribution in [0.15, 0.2) is 35.4 Å². The van der Waals surface area contributed by atoms with E-state index in [1.54, 1.807) is 7.05 Å². The SMILES string of the molecule is COC(=O)c1cc(S(=O)(=O)N2CCC[C@H]2C(=O)Nc2ccc(C)cc2C)cn1C. The molecule has 9 heteroatoms. The summed E-state index contributed by atoms with van der Waals surface area (Å²) < 4.78 is 33.6. The summed E-state index contributed by atoms with van der Waals surface area (Å²) in [4.78, 5) is 24.6. The molecule has 0 unspecified atom stereocenters. The first-order chi connectivity index (χ1) is 13.6. The smallest absolute Gasteiger partial charge is 0.354 e. The van der Waals surface area contributed by atoms with E-state index < -0.39 is 22.0 Å². The number of aryl methyl sites for hydroxylation is 3. The summed E-state index contributed by atoms with van der Waals surface area (Å²) in [5, 5.41) is 2.85. The van der Waals surface area contributed by atoms with Crippen LogP contribution in [0.2, 0.25) is 0 Å². The van der Waals surface area contributed by atoms with Gasteiger partial charge in [-0.3, -0.25) is 4.79 Å². The standard InChI is InChI=1S/C20H25N3O5S/c1-13-7-8-16(14(2)10-13)21-19(24)17-6-5-9-23(17)29(26,27)15-11-18(20(25)28-4)22(3)12-15/h7-8,10-12,17H,5-6,9H2,1-4H3,(H,21,24)/t17-/m0/s1. The second kappa shape index (κ2) is 8.00. The number of aromatic nitrogens is 1. The van der Waals surface area contributed by atoms with Crippen molar-refractivity contribution in [2.75, 3.05) is 19.0 Å². The summed E-state index contributed by atoms with van der Waals surface area (Å²) in [6.07, 6.45) is 2.38. The van der Waals surface area contributed by atoms with Gasteiger partial charge in [-0.1, -0.05) is 17.7 Å². The van der Waals surface area contributed by atoms with Gasteiger partial charge < -0.3 is 14.6 Å². The number of ether oxygens (including phenoxy) is 1. The number of nitrogens with zero attached hydrogens (tertiary/aromatic N) is 2. The monoisotopic (exact) mass is 419 g/mol. The maximum atomic E-state index is 13.2. The molecule has 1 atom stereocenters. The van der Waals surface area contributed by atoms with E-state index in [4.69, 9.17) is 0 Å². The fourth-order valence-corrected chi connectivity index (χ4v) is 5.31. The molecule has 3 rings (SSSR count). The number of methoxy groups -OCH3 is 1. The number of anilines is 1. The molecule has 29 heavy (non-hydrogen) atoms. The zero-order valence-electron chi connectivity index (χ0n) is 16.9. The van der Waals surface area contributed by atoms with Crippen molar-refractivity contribution in [3.05, 3.63) is 47.3 Å². The van der Waals surface area contributed by atoms with Gasteiger partial charge in [0.25, 0.3) is 0 Å². The first-order valence-electron chi connectivity index (χ1n) is 9.30. The van der Waals surface area contributed by atoms with Gasteiger partial charge in [-0.25, -0.2) is 13.2 Å². The van der Waals surface area contributed by atoms with Crippen molar-refractivity contribution >= 4 is 27.6 Å². The summed E-state index contributed by atoms with van der Waals surface area (Å²) in [5.74, 6) is -0.985. The Hall–Kier alpha value is -2.65. The number of amides is 1. The van der Waals surface area contributed by atoms with Crippen LogP contribution in [0.3, 0.4) is 0 Å². The van der Waals surface area contributed by atoms with Crippen LogP contribution in [-0.2, 0) is 26.6 Å². The van der Waals surface area contributed by atoms with Crippen LogP contribution in [-0.4, -0.2) is 48.9 Å². The largest absolute Gasteiger partial charge is 0.464 e. The van der Waals surface area contributed by atoms with Gasteiger partial charge in [0, 0.05) is 25.5 Å². The Kier molecular flexibility index (Phi) is 5.81. The Bertz CT molecular complexity index is 1060. The Balaban J connectivity index is 1.85. The molecule has 1 aromatic heterocycles. The van der Waals surface area contributed by atoms with Crippen LogP contribution in [0.4, 0.5) is 5.69 Å². The molecule has 8 nitrogen and oxygen atoms in total. The highest BCUT2D eigenvalue weighted by atomic mass is 32.2. The second-order valence-electron chi connectivity index (χ2n) is 7.24. The fraction of sp³-hybridized carbons (Fsp3) is 0.400. The number of hydrogen-bond donors (Lipinski definition) is 1. The zero-order chi connectivity index (χ0) is 21.3.